The van der Waals surface area contributed by atoms with Gasteiger partial charge in [0, 0.05) is 35.3 Å². The van der Waals surface area contributed by atoms with Gasteiger partial charge in [-0.05, 0) is 55.2 Å². The Morgan fingerprint density at radius 1 is 1.18 bits per heavy atom. The lowest BCUT2D eigenvalue weighted by Crippen LogP contribution is -2.40. The summed E-state index contributed by atoms with van der Waals surface area (Å²) in [5.74, 6) is 0.0123. The summed E-state index contributed by atoms with van der Waals surface area (Å²) >= 11 is 3.56. The largest absolute Gasteiger partial charge is 0.379 e. The lowest BCUT2D eigenvalue weighted by molar-refractivity contribution is -0.114. The fourth-order valence-electron chi connectivity index (χ4n) is 4.31. The molecule has 1 amide bonds. The third kappa shape index (κ3) is 4.15. The average molecular weight is 417 g/mol. The summed E-state index contributed by atoms with van der Waals surface area (Å²) in [7, 11) is 0. The molecule has 4 rings (SSSR count). The average Bonchev–Trinajstić information content (AvgIpc) is 3.07. The molecule has 0 saturated carbocycles. The van der Waals surface area contributed by atoms with Crippen LogP contribution in [-0.2, 0) is 22.4 Å². The molecule has 1 aromatic heterocycles. The number of morpholine rings is 1. The van der Waals surface area contributed by atoms with Crippen molar-refractivity contribution in [1.82, 2.24) is 4.90 Å². The van der Waals surface area contributed by atoms with Crippen molar-refractivity contribution in [2.45, 2.75) is 43.5 Å². The maximum atomic E-state index is 12.0. The van der Waals surface area contributed by atoms with Crippen molar-refractivity contribution in [2.24, 2.45) is 0 Å². The van der Waals surface area contributed by atoms with E-state index in [2.05, 4.69) is 40.7 Å². The number of nitrogens with one attached hydrogen (secondary N) is 1. The lowest BCUT2D eigenvalue weighted by atomic mass is 9.88. The van der Waals surface area contributed by atoms with Gasteiger partial charge in [0.25, 0.3) is 0 Å². The molecule has 2 heterocycles. The molecule has 0 radical (unpaired) electrons. The van der Waals surface area contributed by atoms with Crippen LogP contribution in [-0.4, -0.2) is 43.4 Å². The smallest absolute Gasteiger partial charge is 0.221 e. The Kier molecular flexibility index (Phi) is 6.41. The van der Waals surface area contributed by atoms with Crippen molar-refractivity contribution in [2.75, 3.05) is 37.9 Å². The van der Waals surface area contributed by atoms with Crippen LogP contribution in [0.1, 0.15) is 47.4 Å². The predicted octanol–water partition coefficient (Wildman–Crippen LogP) is 4.73. The number of carbonyl (C=O) groups is 1. The number of aryl methyl sites for hydroxylation is 1. The summed E-state index contributed by atoms with van der Waals surface area (Å²) in [6, 6.07) is 9.11. The molecule has 1 atom stereocenters. The van der Waals surface area contributed by atoms with E-state index in [4.69, 9.17) is 4.74 Å². The van der Waals surface area contributed by atoms with Crippen LogP contribution in [0.25, 0.3) is 0 Å². The third-order valence-electron chi connectivity index (χ3n) is 5.62. The van der Waals surface area contributed by atoms with Crippen molar-refractivity contribution in [3.8, 4) is 0 Å². The number of ether oxygens (including phenoxy) is 1. The van der Waals surface area contributed by atoms with Gasteiger partial charge in [0.05, 0.1) is 19.3 Å². The molecule has 1 N–H and O–H groups in total. The minimum Gasteiger partial charge on any atom is -0.379 e. The number of thiophene rings is 1. The van der Waals surface area contributed by atoms with Crippen molar-refractivity contribution in [1.29, 1.82) is 0 Å². The number of carbonyl (C=O) groups excluding carboxylic acids is 1. The molecule has 2 aliphatic rings. The zero-order chi connectivity index (χ0) is 19.5. The zero-order valence-electron chi connectivity index (χ0n) is 16.6. The topological polar surface area (TPSA) is 41.6 Å². The number of fused-ring (bicyclic) bond motifs is 1. The molecule has 1 fully saturated rings. The second kappa shape index (κ2) is 8.99. The Morgan fingerprint density at radius 3 is 2.57 bits per heavy atom. The summed E-state index contributed by atoms with van der Waals surface area (Å²) in [6.07, 6.45) is 6.84. The van der Waals surface area contributed by atoms with Gasteiger partial charge < -0.3 is 10.1 Å². The van der Waals surface area contributed by atoms with E-state index in [0.29, 0.717) is 0 Å². The lowest BCUT2D eigenvalue weighted by Gasteiger charge is -2.36. The standard InChI is InChI=1S/C22H28N2O2S2/c1-15(25)23-22-20(18-5-3-4-6-19(18)28-22)21(24-11-13-26-14-12-24)16-7-9-17(27-2)10-8-16/h7-10,21H,3-6,11-14H2,1-2H3,(H,23,25)/t21-/m0/s1. The number of benzene rings is 1. The van der Waals surface area contributed by atoms with Crippen molar-refractivity contribution in [3.05, 3.63) is 45.8 Å². The summed E-state index contributed by atoms with van der Waals surface area (Å²) in [5, 5.41) is 4.21. The van der Waals surface area contributed by atoms with Gasteiger partial charge in [-0.25, -0.2) is 0 Å². The van der Waals surface area contributed by atoms with E-state index >= 15 is 0 Å². The first-order chi connectivity index (χ1) is 13.7. The zero-order valence-corrected chi connectivity index (χ0v) is 18.3. The Hall–Kier alpha value is -1.34. The molecular weight excluding hydrogens is 388 g/mol. The van der Waals surface area contributed by atoms with Gasteiger partial charge in [-0.1, -0.05) is 12.1 Å². The fourth-order valence-corrected chi connectivity index (χ4v) is 6.09. The van der Waals surface area contributed by atoms with E-state index in [1.165, 1.54) is 39.3 Å². The molecule has 150 valence electrons. The Bertz CT molecular complexity index is 826. The van der Waals surface area contributed by atoms with Crippen LogP contribution in [0.4, 0.5) is 5.00 Å². The van der Waals surface area contributed by atoms with Crippen LogP contribution in [0.3, 0.4) is 0 Å². The van der Waals surface area contributed by atoms with Gasteiger partial charge >= 0.3 is 0 Å². The molecular formula is C22H28N2O2S2. The van der Waals surface area contributed by atoms with Crippen molar-refractivity contribution >= 4 is 34.0 Å². The highest BCUT2D eigenvalue weighted by Crippen LogP contribution is 2.45. The molecule has 1 saturated heterocycles. The molecule has 0 bridgehead atoms. The Balaban J connectivity index is 1.83. The molecule has 1 aromatic carbocycles. The maximum absolute atomic E-state index is 12.0. The Labute approximate surface area is 175 Å². The maximum Gasteiger partial charge on any atom is 0.221 e. The van der Waals surface area contributed by atoms with Crippen LogP contribution in [0, 0.1) is 0 Å². The van der Waals surface area contributed by atoms with E-state index in [9.17, 15) is 4.79 Å². The van der Waals surface area contributed by atoms with Crippen LogP contribution in [0.5, 0.6) is 0 Å². The molecule has 28 heavy (non-hydrogen) atoms. The van der Waals surface area contributed by atoms with E-state index < -0.39 is 0 Å². The number of hydrogen-bond donors (Lipinski definition) is 1. The third-order valence-corrected chi connectivity index (χ3v) is 7.58. The summed E-state index contributed by atoms with van der Waals surface area (Å²) in [4.78, 5) is 17.2. The number of amides is 1. The predicted molar refractivity (Wildman–Crippen MR) is 118 cm³/mol. The highest BCUT2D eigenvalue weighted by atomic mass is 32.2. The van der Waals surface area contributed by atoms with Crippen LogP contribution in [0.15, 0.2) is 29.2 Å². The highest BCUT2D eigenvalue weighted by Gasteiger charge is 2.32. The summed E-state index contributed by atoms with van der Waals surface area (Å²) in [5.41, 5.74) is 4.11. The van der Waals surface area contributed by atoms with Crippen molar-refractivity contribution in [3.63, 3.8) is 0 Å². The molecule has 2 aromatic rings. The summed E-state index contributed by atoms with van der Waals surface area (Å²) < 4.78 is 5.63. The Morgan fingerprint density at radius 2 is 1.89 bits per heavy atom. The van der Waals surface area contributed by atoms with E-state index in [1.54, 1.807) is 30.0 Å². The van der Waals surface area contributed by atoms with E-state index in [0.717, 1.165) is 44.1 Å². The van der Waals surface area contributed by atoms with Gasteiger partial charge in [0.15, 0.2) is 0 Å². The van der Waals surface area contributed by atoms with E-state index in [1.807, 2.05) is 0 Å². The van der Waals surface area contributed by atoms with Gasteiger partial charge in [0.2, 0.25) is 5.91 Å². The second-order valence-electron chi connectivity index (χ2n) is 7.46. The van der Waals surface area contributed by atoms with Gasteiger partial charge in [-0.2, -0.15) is 0 Å². The van der Waals surface area contributed by atoms with Crippen LogP contribution in [0.2, 0.25) is 0 Å². The minimum absolute atomic E-state index is 0.0123. The first-order valence-electron chi connectivity index (χ1n) is 10.0. The number of rotatable bonds is 5. The molecule has 6 heteroatoms. The first kappa shape index (κ1) is 20.0. The quantitative estimate of drug-likeness (QED) is 0.716. The summed E-state index contributed by atoms with van der Waals surface area (Å²) in [6.45, 7) is 4.97. The van der Waals surface area contributed by atoms with E-state index in [-0.39, 0.29) is 11.9 Å². The normalized spacial score (nSPS) is 18.5. The monoisotopic (exact) mass is 416 g/mol. The minimum atomic E-state index is 0.0123. The van der Waals surface area contributed by atoms with Gasteiger partial charge in [-0.15, -0.1) is 23.1 Å². The fraction of sp³-hybridized carbons (Fsp3) is 0.500. The number of thioether (sulfide) groups is 1. The molecule has 0 spiro atoms. The molecule has 0 unspecified atom stereocenters. The number of nitrogens with zero attached hydrogens (tertiary/aromatic N) is 1. The SMILES string of the molecule is CSc1ccc([C@@H](c2c(NC(C)=O)sc3c2CCCC3)N2CCOCC2)cc1. The molecule has 1 aliphatic heterocycles. The molecule has 1 aliphatic carbocycles. The van der Waals surface area contributed by atoms with Crippen molar-refractivity contribution < 1.29 is 9.53 Å². The first-order valence-corrected chi connectivity index (χ1v) is 12.1. The van der Waals surface area contributed by atoms with Gasteiger partial charge in [-0.3, -0.25) is 9.69 Å². The number of hydrogen-bond acceptors (Lipinski definition) is 5. The number of anilines is 1. The van der Waals surface area contributed by atoms with Gasteiger partial charge in [0.1, 0.15) is 5.00 Å². The highest BCUT2D eigenvalue weighted by molar-refractivity contribution is 7.98. The van der Waals surface area contributed by atoms with Crippen LogP contribution < -0.4 is 5.32 Å². The molecule has 4 nitrogen and oxygen atoms in total. The van der Waals surface area contributed by atoms with Crippen LogP contribution >= 0.6 is 23.1 Å². The second-order valence-corrected chi connectivity index (χ2v) is 9.44.